The van der Waals surface area contributed by atoms with E-state index in [0.717, 1.165) is 37.9 Å². The largest absolute Gasteiger partial charge is 0.338 e. The Bertz CT molecular complexity index is 598. The van der Waals surface area contributed by atoms with Crippen molar-refractivity contribution in [1.82, 2.24) is 24.7 Å². The molecule has 25 heavy (non-hydrogen) atoms. The summed E-state index contributed by atoms with van der Waals surface area (Å²) in [6.07, 6.45) is 11.5. The van der Waals surface area contributed by atoms with E-state index in [2.05, 4.69) is 24.7 Å². The van der Waals surface area contributed by atoms with Crippen LogP contribution >= 0.6 is 0 Å². The first-order chi connectivity index (χ1) is 12.2. The molecule has 1 aromatic heterocycles. The fourth-order valence-electron chi connectivity index (χ4n) is 5.09. The van der Waals surface area contributed by atoms with E-state index in [0.29, 0.717) is 18.5 Å². The number of piperidine rings is 1. The third-order valence-corrected chi connectivity index (χ3v) is 6.41. The number of nitrogens with one attached hydrogen (secondary N) is 1. The van der Waals surface area contributed by atoms with Gasteiger partial charge in [0.25, 0.3) is 0 Å². The molecule has 3 fully saturated rings. The third-order valence-electron chi connectivity index (χ3n) is 6.41. The number of fused-ring (bicyclic) bond motifs is 1. The van der Waals surface area contributed by atoms with E-state index in [4.69, 9.17) is 0 Å². The van der Waals surface area contributed by atoms with Gasteiger partial charge in [-0.15, -0.1) is 0 Å². The van der Waals surface area contributed by atoms with Crippen LogP contribution in [0.5, 0.6) is 0 Å². The van der Waals surface area contributed by atoms with Crippen LogP contribution in [0.1, 0.15) is 50.4 Å². The van der Waals surface area contributed by atoms with Gasteiger partial charge in [0, 0.05) is 51.7 Å². The lowest BCUT2D eigenvalue weighted by Gasteiger charge is -2.45. The van der Waals surface area contributed by atoms with Crippen molar-refractivity contribution in [1.29, 1.82) is 0 Å². The van der Waals surface area contributed by atoms with E-state index in [-0.39, 0.29) is 6.04 Å². The first kappa shape index (κ1) is 17.0. The smallest absolute Gasteiger partial charge is 0.237 e. The molecule has 0 aromatic carbocycles. The number of aryl methyl sites for hydroxylation is 1. The summed E-state index contributed by atoms with van der Waals surface area (Å²) in [7, 11) is 2.04. The Morgan fingerprint density at radius 1 is 1.24 bits per heavy atom. The van der Waals surface area contributed by atoms with Crippen LogP contribution in [0.15, 0.2) is 12.4 Å². The molecule has 4 rings (SSSR count). The van der Waals surface area contributed by atoms with Gasteiger partial charge in [-0.05, 0) is 31.6 Å². The van der Waals surface area contributed by atoms with E-state index in [1.165, 1.54) is 38.5 Å². The SMILES string of the molecule is Cn1ccnc1C1CNCCN1CC(=O)N1CCCC2CCCCC21. The van der Waals surface area contributed by atoms with Gasteiger partial charge in [-0.1, -0.05) is 12.8 Å². The molecule has 1 amide bonds. The van der Waals surface area contributed by atoms with Crippen molar-refractivity contribution in [3.63, 3.8) is 0 Å². The van der Waals surface area contributed by atoms with Crippen LogP contribution in [0.2, 0.25) is 0 Å². The lowest BCUT2D eigenvalue weighted by Crippen LogP contribution is -2.55. The highest BCUT2D eigenvalue weighted by molar-refractivity contribution is 5.79. The summed E-state index contributed by atoms with van der Waals surface area (Å²) in [5, 5.41) is 3.46. The van der Waals surface area contributed by atoms with E-state index in [9.17, 15) is 4.79 Å². The van der Waals surface area contributed by atoms with Crippen molar-refractivity contribution < 1.29 is 4.79 Å². The number of amides is 1. The number of likely N-dealkylation sites (tertiary alicyclic amines) is 1. The molecule has 2 saturated heterocycles. The highest BCUT2D eigenvalue weighted by atomic mass is 16.2. The van der Waals surface area contributed by atoms with Gasteiger partial charge in [-0.3, -0.25) is 9.69 Å². The number of rotatable bonds is 3. The van der Waals surface area contributed by atoms with Crippen LogP contribution in [-0.4, -0.2) is 64.0 Å². The van der Waals surface area contributed by atoms with Crippen molar-refractivity contribution in [3.05, 3.63) is 18.2 Å². The number of carbonyl (C=O) groups is 1. The van der Waals surface area contributed by atoms with Crippen LogP contribution in [0.25, 0.3) is 0 Å². The molecule has 3 aliphatic rings. The Kier molecular flexibility index (Phi) is 5.08. The summed E-state index contributed by atoms with van der Waals surface area (Å²) < 4.78 is 2.08. The van der Waals surface area contributed by atoms with E-state index in [1.54, 1.807) is 0 Å². The Balaban J connectivity index is 1.46. The molecule has 6 nitrogen and oxygen atoms in total. The number of piperazine rings is 1. The van der Waals surface area contributed by atoms with Gasteiger partial charge >= 0.3 is 0 Å². The Morgan fingerprint density at radius 3 is 2.92 bits per heavy atom. The van der Waals surface area contributed by atoms with Gasteiger partial charge in [0.05, 0.1) is 12.6 Å². The second kappa shape index (κ2) is 7.46. The number of nitrogens with zero attached hydrogens (tertiary/aromatic N) is 4. The first-order valence-corrected chi connectivity index (χ1v) is 9.95. The molecule has 3 heterocycles. The van der Waals surface area contributed by atoms with Gasteiger partial charge in [0.15, 0.2) is 0 Å². The summed E-state index contributed by atoms with van der Waals surface area (Å²) in [6.45, 7) is 4.21. The Hall–Kier alpha value is -1.40. The molecular formula is C19H31N5O. The zero-order valence-electron chi connectivity index (χ0n) is 15.4. The maximum Gasteiger partial charge on any atom is 0.237 e. The average molecular weight is 345 g/mol. The standard InChI is InChI=1S/C19H31N5O/c1-22-11-9-21-19(22)17-13-20-8-12-23(17)14-18(25)24-10-4-6-15-5-2-3-7-16(15)24/h9,11,15-17,20H,2-8,10,12-14H2,1H3. The summed E-state index contributed by atoms with van der Waals surface area (Å²) in [6, 6.07) is 0.689. The van der Waals surface area contributed by atoms with E-state index in [1.807, 2.05) is 19.4 Å². The van der Waals surface area contributed by atoms with Crippen LogP contribution in [0, 0.1) is 5.92 Å². The van der Waals surface area contributed by atoms with Crippen LogP contribution < -0.4 is 5.32 Å². The molecule has 3 unspecified atom stereocenters. The number of imidazole rings is 1. The van der Waals surface area contributed by atoms with Gasteiger partial charge in [-0.2, -0.15) is 0 Å². The minimum Gasteiger partial charge on any atom is -0.338 e. The van der Waals surface area contributed by atoms with Gasteiger partial charge in [0.2, 0.25) is 5.91 Å². The zero-order valence-corrected chi connectivity index (χ0v) is 15.4. The molecule has 0 spiro atoms. The topological polar surface area (TPSA) is 53.4 Å². The van der Waals surface area contributed by atoms with E-state index >= 15 is 0 Å². The molecular weight excluding hydrogens is 314 g/mol. The molecule has 1 aliphatic carbocycles. The third kappa shape index (κ3) is 3.47. The normalized spacial score (nSPS) is 30.9. The van der Waals surface area contributed by atoms with Crippen LogP contribution in [0.3, 0.4) is 0 Å². The average Bonchev–Trinajstić information content (AvgIpc) is 3.07. The van der Waals surface area contributed by atoms with Crippen molar-refractivity contribution in [2.75, 3.05) is 32.7 Å². The molecule has 6 heteroatoms. The number of carbonyl (C=O) groups excluding carboxylic acids is 1. The molecule has 1 aromatic rings. The van der Waals surface area contributed by atoms with Crippen LogP contribution in [-0.2, 0) is 11.8 Å². The van der Waals surface area contributed by atoms with Gasteiger partial charge in [0.1, 0.15) is 5.82 Å². The Morgan fingerprint density at radius 2 is 2.08 bits per heavy atom. The van der Waals surface area contributed by atoms with Crippen molar-refractivity contribution in [2.24, 2.45) is 13.0 Å². The second-order valence-corrected chi connectivity index (χ2v) is 7.93. The molecule has 3 atom stereocenters. The molecule has 1 N–H and O–H groups in total. The van der Waals surface area contributed by atoms with Crippen molar-refractivity contribution >= 4 is 5.91 Å². The van der Waals surface area contributed by atoms with Crippen molar-refractivity contribution in [2.45, 2.75) is 50.6 Å². The van der Waals surface area contributed by atoms with Crippen LogP contribution in [0.4, 0.5) is 0 Å². The maximum atomic E-state index is 13.2. The summed E-state index contributed by atoms with van der Waals surface area (Å²) in [5.41, 5.74) is 0. The molecule has 138 valence electrons. The predicted molar refractivity (Wildman–Crippen MR) is 97.1 cm³/mol. The first-order valence-electron chi connectivity index (χ1n) is 9.95. The number of hydrogen-bond donors (Lipinski definition) is 1. The monoisotopic (exact) mass is 345 g/mol. The number of aromatic nitrogens is 2. The lowest BCUT2D eigenvalue weighted by atomic mass is 9.78. The fourth-order valence-corrected chi connectivity index (χ4v) is 5.09. The molecule has 0 bridgehead atoms. The van der Waals surface area contributed by atoms with E-state index < -0.39 is 0 Å². The molecule has 0 radical (unpaired) electrons. The van der Waals surface area contributed by atoms with Gasteiger partial charge < -0.3 is 14.8 Å². The Labute approximate surface area is 150 Å². The fraction of sp³-hybridized carbons (Fsp3) is 0.789. The minimum absolute atomic E-state index is 0.185. The summed E-state index contributed by atoms with van der Waals surface area (Å²) >= 11 is 0. The zero-order chi connectivity index (χ0) is 17.2. The second-order valence-electron chi connectivity index (χ2n) is 7.93. The highest BCUT2D eigenvalue weighted by Crippen LogP contribution is 2.35. The quantitative estimate of drug-likeness (QED) is 0.903. The summed E-state index contributed by atoms with van der Waals surface area (Å²) in [4.78, 5) is 22.2. The number of hydrogen-bond acceptors (Lipinski definition) is 4. The lowest BCUT2D eigenvalue weighted by molar-refractivity contribution is -0.139. The molecule has 1 saturated carbocycles. The minimum atomic E-state index is 0.185. The highest BCUT2D eigenvalue weighted by Gasteiger charge is 2.37. The maximum absolute atomic E-state index is 13.2. The summed E-state index contributed by atoms with van der Waals surface area (Å²) in [5.74, 6) is 2.13. The predicted octanol–water partition coefficient (Wildman–Crippen LogP) is 1.55. The molecule has 2 aliphatic heterocycles. The van der Waals surface area contributed by atoms with Crippen molar-refractivity contribution in [3.8, 4) is 0 Å². The van der Waals surface area contributed by atoms with Gasteiger partial charge in [-0.25, -0.2) is 4.98 Å².